The second-order valence-corrected chi connectivity index (χ2v) is 10.2. The molecule has 4 amide bonds. The van der Waals surface area contributed by atoms with Crippen LogP contribution < -0.4 is 26.9 Å². The van der Waals surface area contributed by atoms with Crippen LogP contribution in [-0.2, 0) is 13.0 Å². The number of fused-ring (bicyclic) bond motifs is 2. The first-order chi connectivity index (χ1) is 18.2. The third-order valence-electron chi connectivity index (χ3n) is 6.23. The molecule has 3 heterocycles. The van der Waals surface area contributed by atoms with E-state index in [0.717, 1.165) is 10.4 Å². The number of primary amides is 1. The molecule has 0 spiro atoms. The van der Waals surface area contributed by atoms with E-state index < -0.39 is 17.9 Å². The number of carbonyl (C=O) groups is 3. The van der Waals surface area contributed by atoms with Crippen molar-refractivity contribution in [3.63, 3.8) is 0 Å². The molecule has 0 radical (unpaired) electrons. The van der Waals surface area contributed by atoms with Gasteiger partial charge in [-0.25, -0.2) is 14.4 Å². The highest BCUT2D eigenvalue weighted by molar-refractivity contribution is 7.17. The van der Waals surface area contributed by atoms with Crippen LogP contribution in [0.25, 0.3) is 11.1 Å². The molecule has 12 heteroatoms. The number of hydrogen-bond acceptors (Lipinski definition) is 7. The Kier molecular flexibility index (Phi) is 6.64. The van der Waals surface area contributed by atoms with Crippen LogP contribution in [0.3, 0.4) is 0 Å². The van der Waals surface area contributed by atoms with E-state index in [9.17, 15) is 19.2 Å². The molecule has 0 saturated carbocycles. The number of carbonyl (C=O) groups excluding carboxylic acids is 3. The number of anilines is 2. The van der Waals surface area contributed by atoms with Crippen molar-refractivity contribution in [2.24, 2.45) is 5.73 Å². The smallest absolute Gasteiger partial charge is 0.408 e. The van der Waals surface area contributed by atoms with Gasteiger partial charge in [-0.2, -0.15) is 0 Å². The van der Waals surface area contributed by atoms with Gasteiger partial charge in [-0.1, -0.05) is 26.0 Å². The van der Waals surface area contributed by atoms with Gasteiger partial charge in [0.1, 0.15) is 5.00 Å². The lowest BCUT2D eigenvalue weighted by Crippen LogP contribution is -2.35. The van der Waals surface area contributed by atoms with Crippen molar-refractivity contribution in [2.45, 2.75) is 32.7 Å². The highest BCUT2D eigenvalue weighted by Crippen LogP contribution is 2.43. The SMILES string of the molecule is CC(C)c1ccc(NC(=O)Nc2sc3c(c2OC(N)=O)CCN(C(=O)c2ccc4[nH]c(=O)oc4c2)C3)cc1. The van der Waals surface area contributed by atoms with E-state index >= 15 is 0 Å². The van der Waals surface area contributed by atoms with Crippen molar-refractivity contribution >= 4 is 51.2 Å². The maximum absolute atomic E-state index is 13.2. The number of nitrogens with two attached hydrogens (primary N) is 1. The normalized spacial score (nSPS) is 12.9. The van der Waals surface area contributed by atoms with Crippen LogP contribution in [-0.4, -0.2) is 34.5 Å². The summed E-state index contributed by atoms with van der Waals surface area (Å²) >= 11 is 1.21. The molecular formula is C26H25N5O6S. The molecule has 0 saturated heterocycles. The summed E-state index contributed by atoms with van der Waals surface area (Å²) in [5.41, 5.74) is 8.93. The molecule has 196 valence electrons. The number of nitrogens with one attached hydrogen (secondary N) is 3. The molecule has 1 aliphatic heterocycles. The molecule has 5 rings (SSSR count). The largest absolute Gasteiger partial charge is 0.417 e. The van der Waals surface area contributed by atoms with Crippen LogP contribution in [0.4, 0.5) is 20.3 Å². The fourth-order valence-corrected chi connectivity index (χ4v) is 5.50. The van der Waals surface area contributed by atoms with Crippen molar-refractivity contribution in [1.82, 2.24) is 9.88 Å². The second kappa shape index (κ2) is 10.1. The van der Waals surface area contributed by atoms with Crippen LogP contribution in [0, 0.1) is 0 Å². The van der Waals surface area contributed by atoms with Crippen LogP contribution >= 0.6 is 11.3 Å². The first-order valence-corrected chi connectivity index (χ1v) is 12.7. The maximum Gasteiger partial charge on any atom is 0.417 e. The Balaban J connectivity index is 1.34. The van der Waals surface area contributed by atoms with Gasteiger partial charge in [0.2, 0.25) is 0 Å². The van der Waals surface area contributed by atoms with E-state index in [2.05, 4.69) is 29.5 Å². The average Bonchev–Trinajstić information content (AvgIpc) is 3.41. The molecule has 2 aromatic carbocycles. The minimum absolute atomic E-state index is 0.186. The van der Waals surface area contributed by atoms with Gasteiger partial charge in [0.25, 0.3) is 5.91 Å². The van der Waals surface area contributed by atoms with Crippen molar-refractivity contribution in [1.29, 1.82) is 0 Å². The third kappa shape index (κ3) is 5.11. The number of nitrogens with zero attached hydrogens (tertiary/aromatic N) is 1. The van der Waals surface area contributed by atoms with Crippen LogP contribution in [0.15, 0.2) is 51.7 Å². The highest BCUT2D eigenvalue weighted by atomic mass is 32.1. The summed E-state index contributed by atoms with van der Waals surface area (Å²) in [6, 6.07) is 11.8. The molecule has 0 unspecified atom stereocenters. The number of aromatic nitrogens is 1. The lowest BCUT2D eigenvalue weighted by molar-refractivity contribution is 0.0736. The topological polar surface area (TPSA) is 160 Å². The van der Waals surface area contributed by atoms with Gasteiger partial charge in [-0.15, -0.1) is 11.3 Å². The summed E-state index contributed by atoms with van der Waals surface area (Å²) in [4.78, 5) is 53.9. The van der Waals surface area contributed by atoms with Crippen LogP contribution in [0.5, 0.6) is 5.75 Å². The monoisotopic (exact) mass is 535 g/mol. The average molecular weight is 536 g/mol. The number of aromatic amines is 1. The zero-order valence-corrected chi connectivity index (χ0v) is 21.4. The summed E-state index contributed by atoms with van der Waals surface area (Å²) in [6.07, 6.45) is -0.611. The minimum atomic E-state index is -1.00. The number of thiophene rings is 1. The summed E-state index contributed by atoms with van der Waals surface area (Å²) in [5, 5.41) is 5.83. The van der Waals surface area contributed by atoms with E-state index in [1.807, 2.05) is 24.3 Å². The quantitative estimate of drug-likeness (QED) is 0.292. The summed E-state index contributed by atoms with van der Waals surface area (Å²) < 4.78 is 10.3. The highest BCUT2D eigenvalue weighted by Gasteiger charge is 2.30. The van der Waals surface area contributed by atoms with Gasteiger partial charge in [0.05, 0.1) is 12.1 Å². The van der Waals surface area contributed by atoms with Gasteiger partial charge < -0.3 is 25.1 Å². The molecular weight excluding hydrogens is 510 g/mol. The van der Waals surface area contributed by atoms with Gasteiger partial charge >= 0.3 is 17.9 Å². The first-order valence-electron chi connectivity index (χ1n) is 11.9. The fourth-order valence-electron chi connectivity index (χ4n) is 4.32. The Morgan fingerprint density at radius 3 is 2.61 bits per heavy atom. The lowest BCUT2D eigenvalue weighted by Gasteiger charge is -2.27. The number of amides is 4. The van der Waals surface area contributed by atoms with Crippen molar-refractivity contribution < 1.29 is 23.5 Å². The Hall–Kier alpha value is -4.58. The Morgan fingerprint density at radius 1 is 1.13 bits per heavy atom. The van der Waals surface area contributed by atoms with Crippen molar-refractivity contribution in [2.75, 3.05) is 17.2 Å². The molecule has 0 bridgehead atoms. The Morgan fingerprint density at radius 2 is 1.89 bits per heavy atom. The predicted molar refractivity (Wildman–Crippen MR) is 143 cm³/mol. The molecule has 0 fully saturated rings. The number of H-pyrrole nitrogens is 1. The number of urea groups is 1. The molecule has 0 aliphatic carbocycles. The predicted octanol–water partition coefficient (Wildman–Crippen LogP) is 4.61. The molecule has 38 heavy (non-hydrogen) atoms. The first kappa shape index (κ1) is 25.1. The third-order valence-corrected chi connectivity index (χ3v) is 7.34. The molecule has 0 atom stereocenters. The summed E-state index contributed by atoms with van der Waals surface area (Å²) in [5.74, 6) is -0.286. The van der Waals surface area contributed by atoms with E-state index in [-0.39, 0.29) is 18.2 Å². The van der Waals surface area contributed by atoms with Crippen LogP contribution in [0.1, 0.15) is 46.1 Å². The zero-order valence-electron chi connectivity index (χ0n) is 20.6. The van der Waals surface area contributed by atoms with Crippen molar-refractivity contribution in [3.05, 3.63) is 74.6 Å². The molecule has 1 aliphatic rings. The maximum atomic E-state index is 13.2. The van der Waals surface area contributed by atoms with Gasteiger partial charge in [-0.05, 0) is 48.2 Å². The second-order valence-electron chi connectivity index (χ2n) is 9.14. The van der Waals surface area contributed by atoms with Gasteiger partial charge in [0.15, 0.2) is 11.3 Å². The number of ether oxygens (including phenoxy) is 1. The number of oxazole rings is 1. The van der Waals surface area contributed by atoms with Gasteiger partial charge in [0, 0.05) is 28.2 Å². The number of hydrogen-bond donors (Lipinski definition) is 4. The summed E-state index contributed by atoms with van der Waals surface area (Å²) in [7, 11) is 0. The molecule has 2 aromatic heterocycles. The molecule has 5 N–H and O–H groups in total. The van der Waals surface area contributed by atoms with E-state index in [1.54, 1.807) is 17.0 Å². The summed E-state index contributed by atoms with van der Waals surface area (Å²) in [6.45, 7) is 4.76. The lowest BCUT2D eigenvalue weighted by atomic mass is 10.0. The minimum Gasteiger partial charge on any atom is -0.408 e. The Bertz CT molecular complexity index is 1600. The number of rotatable bonds is 5. The standard InChI is InChI=1S/C26H25N5O6S/c1-13(2)14-3-6-16(7-4-14)28-25(34)30-22-21(37-24(27)33)17-9-10-31(12-20(17)38-22)23(32)15-5-8-18-19(11-15)36-26(35)29-18/h3-8,11,13H,9-10,12H2,1-2H3,(H2,27,33)(H,29,35)(H2,28,30,34). The van der Waals surface area contributed by atoms with E-state index in [1.165, 1.54) is 17.4 Å². The Labute approximate surface area is 220 Å². The number of benzene rings is 2. The molecule has 11 nitrogen and oxygen atoms in total. The zero-order chi connectivity index (χ0) is 27.0. The van der Waals surface area contributed by atoms with E-state index in [4.69, 9.17) is 14.9 Å². The van der Waals surface area contributed by atoms with Crippen molar-refractivity contribution in [3.8, 4) is 5.75 Å². The van der Waals surface area contributed by atoms with Crippen LogP contribution in [0.2, 0.25) is 0 Å². The van der Waals surface area contributed by atoms with Gasteiger partial charge in [-0.3, -0.25) is 15.1 Å². The molecule has 4 aromatic rings. The fraction of sp³-hybridized carbons (Fsp3) is 0.231. The van der Waals surface area contributed by atoms with E-state index in [0.29, 0.717) is 51.8 Å².